The Bertz CT molecular complexity index is 933. The van der Waals surface area contributed by atoms with Crippen LogP contribution >= 0.6 is 11.8 Å². The number of carbonyl (C=O) groups excluding carboxylic acids is 2. The van der Waals surface area contributed by atoms with Gasteiger partial charge in [0.15, 0.2) is 5.82 Å². The number of carbonyl (C=O) groups is 2. The van der Waals surface area contributed by atoms with Crippen molar-refractivity contribution in [2.45, 2.75) is 69.7 Å². The molecule has 10 heteroatoms. The molecule has 0 unspecified atom stereocenters. The molecule has 2 aliphatic rings. The lowest BCUT2D eigenvalue weighted by atomic mass is 10.0. The van der Waals surface area contributed by atoms with Crippen molar-refractivity contribution >= 4 is 29.5 Å². The molecule has 0 spiro atoms. The second kappa shape index (κ2) is 9.20. The first kappa shape index (κ1) is 20.9. The van der Waals surface area contributed by atoms with Crippen LogP contribution < -0.4 is 10.6 Å². The molecule has 162 valence electrons. The summed E-state index contributed by atoms with van der Waals surface area (Å²) in [5, 5.41) is 10.8. The third-order valence-corrected chi connectivity index (χ3v) is 7.04. The van der Waals surface area contributed by atoms with Gasteiger partial charge >= 0.3 is 12.0 Å². The van der Waals surface area contributed by atoms with Crippen LogP contribution in [0.2, 0.25) is 0 Å². The number of ether oxygens (including phenoxy) is 1. The Morgan fingerprint density at radius 1 is 1.27 bits per heavy atom. The summed E-state index contributed by atoms with van der Waals surface area (Å²) in [7, 11) is 0. The summed E-state index contributed by atoms with van der Waals surface area (Å²) in [5.41, 5.74) is 1.92. The topological polar surface area (TPSA) is 111 Å². The lowest BCUT2D eigenvalue weighted by Gasteiger charge is -2.16. The predicted molar refractivity (Wildman–Crippen MR) is 113 cm³/mol. The third kappa shape index (κ3) is 4.85. The molecule has 2 aromatic rings. The summed E-state index contributed by atoms with van der Waals surface area (Å²) >= 11 is 1.90. The van der Waals surface area contributed by atoms with Crippen molar-refractivity contribution in [3.8, 4) is 0 Å². The first-order chi connectivity index (χ1) is 14.5. The summed E-state index contributed by atoms with van der Waals surface area (Å²) in [6, 6.07) is 2.39. The number of esters is 1. The van der Waals surface area contributed by atoms with Crippen LogP contribution in [0.15, 0.2) is 6.07 Å². The number of urea groups is 1. The molecule has 9 nitrogen and oxygen atoms in total. The van der Waals surface area contributed by atoms with E-state index in [1.165, 1.54) is 0 Å². The van der Waals surface area contributed by atoms with Gasteiger partial charge in [-0.1, -0.05) is 6.42 Å². The maximum atomic E-state index is 12.0. The third-order valence-electron chi connectivity index (χ3n) is 5.53. The number of rotatable bonds is 9. The molecular weight excluding hydrogens is 404 g/mol. The normalized spacial score (nSPS) is 22.7. The summed E-state index contributed by atoms with van der Waals surface area (Å²) in [4.78, 5) is 32.2. The number of nitrogens with zero attached hydrogens (tertiary/aromatic N) is 4. The highest BCUT2D eigenvalue weighted by molar-refractivity contribution is 8.00. The lowest BCUT2D eigenvalue weighted by molar-refractivity contribution is -0.143. The number of aromatic nitrogens is 4. The van der Waals surface area contributed by atoms with Gasteiger partial charge in [-0.15, -0.1) is 5.10 Å². The minimum atomic E-state index is -0.154. The molecule has 0 saturated carbocycles. The SMILES string of the molecule is Cc1cc(C)n2nc(CCCOC(=O)CCCC[C@@H]3SC[C@H]4NC(=O)N[C@H]34)nc2n1. The van der Waals surface area contributed by atoms with Gasteiger partial charge in [0.2, 0.25) is 0 Å². The van der Waals surface area contributed by atoms with Gasteiger partial charge in [0, 0.05) is 35.2 Å². The van der Waals surface area contributed by atoms with Crippen LogP contribution in [-0.4, -0.2) is 61.3 Å². The standard InChI is InChI=1S/C20H28N6O3S/c1-12-10-13(2)26-19(21-12)23-16(25-26)7-5-9-29-17(27)8-4-3-6-15-18-14(11-30-15)22-20(28)24-18/h10,14-15,18H,3-9,11H2,1-2H3,(H2,22,24,28)/t14-,15+,18+/m1/s1. The van der Waals surface area contributed by atoms with Crippen molar-refractivity contribution in [3.05, 3.63) is 23.3 Å². The van der Waals surface area contributed by atoms with E-state index in [4.69, 9.17) is 4.74 Å². The van der Waals surface area contributed by atoms with Gasteiger partial charge in [-0.2, -0.15) is 16.7 Å². The minimum Gasteiger partial charge on any atom is -0.466 e. The average Bonchev–Trinajstić information content (AvgIpc) is 3.37. The maximum absolute atomic E-state index is 12.0. The smallest absolute Gasteiger partial charge is 0.315 e. The van der Waals surface area contributed by atoms with Crippen LogP contribution in [-0.2, 0) is 16.0 Å². The van der Waals surface area contributed by atoms with Gasteiger partial charge in [0.25, 0.3) is 5.78 Å². The van der Waals surface area contributed by atoms with Crippen molar-refractivity contribution in [2.24, 2.45) is 0 Å². The van der Waals surface area contributed by atoms with Gasteiger partial charge in [-0.05, 0) is 39.2 Å². The highest BCUT2D eigenvalue weighted by Crippen LogP contribution is 2.33. The molecule has 2 fully saturated rings. The molecule has 4 rings (SSSR count). The number of thioether (sulfide) groups is 1. The zero-order valence-electron chi connectivity index (χ0n) is 17.4. The second-order valence-electron chi connectivity index (χ2n) is 7.97. The fourth-order valence-electron chi connectivity index (χ4n) is 4.06. The number of unbranched alkanes of at least 4 members (excludes halogenated alkanes) is 1. The van der Waals surface area contributed by atoms with Crippen LogP contribution in [0.3, 0.4) is 0 Å². The lowest BCUT2D eigenvalue weighted by Crippen LogP contribution is -2.36. The molecule has 0 aromatic carbocycles. The van der Waals surface area contributed by atoms with Gasteiger partial charge < -0.3 is 15.4 Å². The van der Waals surface area contributed by atoms with Gasteiger partial charge in [-0.25, -0.2) is 14.3 Å². The zero-order chi connectivity index (χ0) is 21.1. The molecule has 0 aliphatic carbocycles. The number of hydrogen-bond acceptors (Lipinski definition) is 7. The molecule has 30 heavy (non-hydrogen) atoms. The van der Waals surface area contributed by atoms with Crippen LogP contribution in [0.5, 0.6) is 0 Å². The largest absolute Gasteiger partial charge is 0.466 e. The Morgan fingerprint density at radius 3 is 3.00 bits per heavy atom. The molecule has 0 radical (unpaired) electrons. The average molecular weight is 433 g/mol. The molecule has 0 bridgehead atoms. The number of hydrogen-bond donors (Lipinski definition) is 2. The molecule has 2 N–H and O–H groups in total. The van der Waals surface area contributed by atoms with Gasteiger partial charge in [0.1, 0.15) is 0 Å². The van der Waals surface area contributed by atoms with E-state index < -0.39 is 0 Å². The number of nitrogens with one attached hydrogen (secondary N) is 2. The number of aryl methyl sites for hydroxylation is 3. The quantitative estimate of drug-likeness (QED) is 0.354. The Morgan fingerprint density at radius 2 is 2.13 bits per heavy atom. The number of fused-ring (bicyclic) bond motifs is 2. The zero-order valence-corrected chi connectivity index (χ0v) is 18.2. The Kier molecular flexibility index (Phi) is 6.40. The van der Waals surface area contributed by atoms with Crippen molar-refractivity contribution in [1.29, 1.82) is 0 Å². The van der Waals surface area contributed by atoms with E-state index in [-0.39, 0.29) is 24.1 Å². The van der Waals surface area contributed by atoms with Gasteiger partial charge in [0.05, 0.1) is 18.7 Å². The molecule has 2 amide bonds. The van der Waals surface area contributed by atoms with E-state index in [1.807, 2.05) is 31.7 Å². The molecule has 4 heterocycles. The predicted octanol–water partition coefficient (Wildman–Crippen LogP) is 1.94. The molecule has 3 atom stereocenters. The molecule has 2 aromatic heterocycles. The van der Waals surface area contributed by atoms with Gasteiger partial charge in [-0.3, -0.25) is 4.79 Å². The van der Waals surface area contributed by atoms with E-state index >= 15 is 0 Å². The van der Waals surface area contributed by atoms with Crippen molar-refractivity contribution < 1.29 is 14.3 Å². The van der Waals surface area contributed by atoms with Crippen LogP contribution in [0.25, 0.3) is 5.78 Å². The summed E-state index contributed by atoms with van der Waals surface area (Å²) in [6.07, 6.45) is 4.56. The van der Waals surface area contributed by atoms with Crippen LogP contribution in [0.4, 0.5) is 4.79 Å². The van der Waals surface area contributed by atoms with Crippen LogP contribution in [0, 0.1) is 13.8 Å². The van der Waals surface area contributed by atoms with Crippen LogP contribution in [0.1, 0.15) is 49.3 Å². The van der Waals surface area contributed by atoms with E-state index in [0.717, 1.165) is 36.4 Å². The Labute approximate surface area is 179 Å². The first-order valence-electron chi connectivity index (χ1n) is 10.5. The van der Waals surface area contributed by atoms with E-state index in [9.17, 15) is 9.59 Å². The Balaban J connectivity index is 1.10. The number of amides is 2. The van der Waals surface area contributed by atoms with Crippen molar-refractivity contribution in [3.63, 3.8) is 0 Å². The molecular formula is C20H28N6O3S. The van der Waals surface area contributed by atoms with Crippen molar-refractivity contribution in [1.82, 2.24) is 30.2 Å². The second-order valence-corrected chi connectivity index (χ2v) is 9.24. The highest BCUT2D eigenvalue weighted by atomic mass is 32.2. The summed E-state index contributed by atoms with van der Waals surface area (Å²) in [6.45, 7) is 4.29. The first-order valence-corrected chi connectivity index (χ1v) is 11.6. The fourth-order valence-corrected chi connectivity index (χ4v) is 5.60. The highest BCUT2D eigenvalue weighted by Gasteiger charge is 2.42. The molecule has 2 saturated heterocycles. The fraction of sp³-hybridized carbons (Fsp3) is 0.650. The maximum Gasteiger partial charge on any atom is 0.315 e. The molecule has 2 aliphatic heterocycles. The monoisotopic (exact) mass is 432 g/mol. The summed E-state index contributed by atoms with van der Waals surface area (Å²) in [5.74, 6) is 2.14. The van der Waals surface area contributed by atoms with E-state index in [1.54, 1.807) is 4.52 Å². The van der Waals surface area contributed by atoms with E-state index in [0.29, 0.717) is 42.7 Å². The Hall–Kier alpha value is -2.36. The van der Waals surface area contributed by atoms with E-state index in [2.05, 4.69) is 25.7 Å². The summed E-state index contributed by atoms with van der Waals surface area (Å²) < 4.78 is 7.09. The van der Waals surface area contributed by atoms with Crippen molar-refractivity contribution in [2.75, 3.05) is 12.4 Å². The minimum absolute atomic E-state index is 0.0563.